The fraction of sp³-hybridized carbons (Fsp3) is 0.190. The second-order valence-electron chi connectivity index (χ2n) is 6.24. The van der Waals surface area contributed by atoms with Gasteiger partial charge >= 0.3 is 5.97 Å². The zero-order chi connectivity index (χ0) is 20.3. The van der Waals surface area contributed by atoms with Gasteiger partial charge in [-0.3, -0.25) is 9.59 Å². The largest absolute Gasteiger partial charge is 0.494 e. The lowest BCUT2D eigenvalue weighted by Gasteiger charge is -2.22. The van der Waals surface area contributed by atoms with E-state index >= 15 is 0 Å². The third-order valence-electron chi connectivity index (χ3n) is 4.55. The van der Waals surface area contributed by atoms with Gasteiger partial charge in [0.1, 0.15) is 16.9 Å². The van der Waals surface area contributed by atoms with Gasteiger partial charge in [0.2, 0.25) is 0 Å². The Morgan fingerprint density at radius 2 is 1.71 bits per heavy atom. The Kier molecular flexibility index (Phi) is 5.44. The van der Waals surface area contributed by atoms with Crippen molar-refractivity contribution in [2.75, 3.05) is 17.7 Å². The first-order valence-electron chi connectivity index (χ1n) is 8.80. The molecule has 0 fully saturated rings. The van der Waals surface area contributed by atoms with Crippen LogP contribution in [0.4, 0.5) is 17.1 Å². The van der Waals surface area contributed by atoms with Gasteiger partial charge in [0, 0.05) is 0 Å². The first-order valence-corrected chi connectivity index (χ1v) is 8.80. The highest BCUT2D eigenvalue weighted by Gasteiger charge is 2.25. The maximum absolute atomic E-state index is 12.1. The van der Waals surface area contributed by atoms with Gasteiger partial charge in [-0.15, -0.1) is 0 Å². The highest BCUT2D eigenvalue weighted by molar-refractivity contribution is 5.94. The molecule has 0 aliphatic carbocycles. The zero-order valence-electron chi connectivity index (χ0n) is 15.5. The predicted octanol–water partition coefficient (Wildman–Crippen LogP) is 3.30. The third kappa shape index (κ3) is 3.46. The van der Waals surface area contributed by atoms with E-state index in [1.807, 2.05) is 37.3 Å². The molecule has 0 bridgehead atoms. The Morgan fingerprint density at radius 1 is 1.04 bits per heavy atom. The fourth-order valence-electron chi connectivity index (χ4n) is 3.09. The number of ether oxygens (including phenoxy) is 1. The average Bonchev–Trinajstić information content (AvgIpc) is 2.73. The van der Waals surface area contributed by atoms with Gasteiger partial charge in [-0.1, -0.05) is 43.3 Å². The molecule has 0 aliphatic rings. The summed E-state index contributed by atoms with van der Waals surface area (Å²) in [6.45, 7) is 1.97. The normalized spacial score (nSPS) is 11.8. The van der Waals surface area contributed by atoms with E-state index in [9.17, 15) is 19.5 Å². The van der Waals surface area contributed by atoms with Crippen LogP contribution in [0.5, 0.6) is 5.75 Å². The number of hydrogen-bond donors (Lipinski definition) is 3. The molecule has 3 aromatic carbocycles. The minimum Gasteiger partial charge on any atom is -0.494 e. The summed E-state index contributed by atoms with van der Waals surface area (Å²) in [5.74, 6) is -1.07. The molecule has 28 heavy (non-hydrogen) atoms. The molecule has 7 heteroatoms. The monoisotopic (exact) mass is 380 g/mol. The molecule has 0 spiro atoms. The standard InChI is InChI=1S/C21H20N2O5/c1-3-14(12-8-5-4-6-9-12)22-16-17(19(25)18(16)24)23-15-11-7-10-13(21(26)27)20(15)28-2/h4-11,14,22-23H,3H2,1-2H3,(H,26,27). The lowest BCUT2D eigenvalue weighted by atomic mass is 10.0. The number of anilines is 3. The number of methoxy groups -OCH3 is 1. The van der Waals surface area contributed by atoms with Crippen LogP contribution in [0.2, 0.25) is 0 Å². The lowest BCUT2D eigenvalue weighted by molar-refractivity contribution is 0.0693. The van der Waals surface area contributed by atoms with E-state index in [1.54, 1.807) is 6.07 Å². The van der Waals surface area contributed by atoms with Gasteiger partial charge in [-0.05, 0) is 24.1 Å². The van der Waals surface area contributed by atoms with Crippen molar-refractivity contribution in [3.8, 4) is 5.75 Å². The van der Waals surface area contributed by atoms with Crippen LogP contribution in [0.25, 0.3) is 0 Å². The summed E-state index contributed by atoms with van der Waals surface area (Å²) >= 11 is 0. The molecule has 7 nitrogen and oxygen atoms in total. The molecule has 0 radical (unpaired) electrons. The van der Waals surface area contributed by atoms with Crippen LogP contribution in [-0.4, -0.2) is 18.2 Å². The van der Waals surface area contributed by atoms with Crippen LogP contribution < -0.4 is 26.2 Å². The summed E-state index contributed by atoms with van der Waals surface area (Å²) in [4.78, 5) is 35.6. The summed E-state index contributed by atoms with van der Waals surface area (Å²) in [6.07, 6.45) is 0.708. The van der Waals surface area contributed by atoms with E-state index in [4.69, 9.17) is 4.74 Å². The Balaban J connectivity index is 1.93. The highest BCUT2D eigenvalue weighted by atomic mass is 16.5. The van der Waals surface area contributed by atoms with Crippen LogP contribution in [-0.2, 0) is 0 Å². The van der Waals surface area contributed by atoms with Gasteiger partial charge in [0.05, 0.1) is 18.8 Å². The second kappa shape index (κ2) is 7.96. The first-order chi connectivity index (χ1) is 13.5. The van der Waals surface area contributed by atoms with E-state index in [0.29, 0.717) is 12.1 Å². The SMILES string of the molecule is CCC(Nc1c(Nc2cccc(C(=O)O)c2OC)c(=O)c1=O)c1ccccc1. The molecule has 144 valence electrons. The Labute approximate surface area is 161 Å². The van der Waals surface area contributed by atoms with Crippen molar-refractivity contribution in [3.05, 3.63) is 80.1 Å². The molecule has 0 heterocycles. The quantitative estimate of drug-likeness (QED) is 0.515. The summed E-state index contributed by atoms with van der Waals surface area (Å²) in [5, 5.41) is 15.3. The van der Waals surface area contributed by atoms with Crippen molar-refractivity contribution in [3.63, 3.8) is 0 Å². The van der Waals surface area contributed by atoms with Crippen molar-refractivity contribution >= 4 is 23.0 Å². The summed E-state index contributed by atoms with van der Waals surface area (Å²) in [5.41, 5.74) is 0.262. The smallest absolute Gasteiger partial charge is 0.339 e. The van der Waals surface area contributed by atoms with E-state index in [2.05, 4.69) is 10.6 Å². The number of hydrogen-bond acceptors (Lipinski definition) is 6. The third-order valence-corrected chi connectivity index (χ3v) is 4.55. The Bertz CT molecular complexity index is 1070. The molecule has 1 atom stereocenters. The van der Waals surface area contributed by atoms with E-state index < -0.39 is 16.8 Å². The van der Waals surface area contributed by atoms with Gasteiger partial charge in [-0.25, -0.2) is 4.79 Å². The van der Waals surface area contributed by atoms with Crippen LogP contribution in [0.15, 0.2) is 58.1 Å². The molecule has 0 amide bonds. The van der Waals surface area contributed by atoms with Crippen molar-refractivity contribution in [1.29, 1.82) is 0 Å². The van der Waals surface area contributed by atoms with Crippen molar-refractivity contribution in [1.82, 2.24) is 0 Å². The van der Waals surface area contributed by atoms with Gasteiger partial charge < -0.3 is 20.5 Å². The lowest BCUT2D eigenvalue weighted by Crippen LogP contribution is -2.37. The predicted molar refractivity (Wildman–Crippen MR) is 108 cm³/mol. The van der Waals surface area contributed by atoms with Crippen molar-refractivity contribution < 1.29 is 14.6 Å². The fourth-order valence-corrected chi connectivity index (χ4v) is 3.09. The maximum atomic E-state index is 12.1. The van der Waals surface area contributed by atoms with Crippen LogP contribution in [0.1, 0.15) is 35.3 Å². The minimum atomic E-state index is -1.15. The molecule has 3 rings (SSSR count). The van der Waals surface area contributed by atoms with Gasteiger partial charge in [0.25, 0.3) is 10.9 Å². The number of nitrogens with one attached hydrogen (secondary N) is 2. The van der Waals surface area contributed by atoms with Crippen LogP contribution in [0.3, 0.4) is 0 Å². The molecule has 0 aliphatic heterocycles. The first kappa shape index (κ1) is 19.2. The van der Waals surface area contributed by atoms with Crippen molar-refractivity contribution in [2.24, 2.45) is 0 Å². The average molecular weight is 380 g/mol. The van der Waals surface area contributed by atoms with E-state index in [0.717, 1.165) is 5.56 Å². The highest BCUT2D eigenvalue weighted by Crippen LogP contribution is 2.33. The Morgan fingerprint density at radius 3 is 2.32 bits per heavy atom. The zero-order valence-corrected chi connectivity index (χ0v) is 15.5. The summed E-state index contributed by atoms with van der Waals surface area (Å²) in [7, 11) is 1.34. The van der Waals surface area contributed by atoms with Gasteiger partial charge in [-0.2, -0.15) is 0 Å². The number of carbonyl (C=O) groups is 1. The molecule has 1 unspecified atom stereocenters. The number of para-hydroxylation sites is 1. The molecule has 0 saturated carbocycles. The number of aromatic carboxylic acids is 1. The molecule has 0 aromatic heterocycles. The number of carboxylic acids is 1. The van der Waals surface area contributed by atoms with E-state index in [1.165, 1.54) is 19.2 Å². The number of benzene rings is 2. The van der Waals surface area contributed by atoms with Crippen LogP contribution >= 0.6 is 0 Å². The van der Waals surface area contributed by atoms with Crippen LogP contribution in [0, 0.1) is 0 Å². The number of carboxylic acid groups (broad SMARTS) is 1. The molecular weight excluding hydrogens is 360 g/mol. The topological polar surface area (TPSA) is 105 Å². The molecular formula is C21H20N2O5. The van der Waals surface area contributed by atoms with E-state index in [-0.39, 0.29) is 28.7 Å². The van der Waals surface area contributed by atoms with Crippen molar-refractivity contribution in [2.45, 2.75) is 19.4 Å². The minimum absolute atomic E-state index is 0.0450. The summed E-state index contributed by atoms with van der Waals surface area (Å²) in [6, 6.07) is 14.0. The second-order valence-corrected chi connectivity index (χ2v) is 6.24. The molecule has 3 aromatic rings. The molecule has 0 saturated heterocycles. The summed E-state index contributed by atoms with van der Waals surface area (Å²) < 4.78 is 5.19. The molecule has 3 N–H and O–H groups in total. The van der Waals surface area contributed by atoms with Gasteiger partial charge in [0.15, 0.2) is 5.75 Å². The maximum Gasteiger partial charge on any atom is 0.339 e. The number of rotatable bonds is 8. The Hall–Kier alpha value is -3.61.